The summed E-state index contributed by atoms with van der Waals surface area (Å²) in [5.74, 6) is -0.896. The van der Waals surface area contributed by atoms with E-state index < -0.39 is 28.5 Å². The third kappa shape index (κ3) is 7.75. The first-order chi connectivity index (χ1) is 18.4. The third-order valence-corrected chi connectivity index (χ3v) is 8.88. The Bertz CT molecular complexity index is 1400. The van der Waals surface area contributed by atoms with Gasteiger partial charge in [0.05, 0.1) is 10.6 Å². The van der Waals surface area contributed by atoms with E-state index >= 15 is 0 Å². The van der Waals surface area contributed by atoms with Crippen LogP contribution < -0.4 is 9.62 Å². The Morgan fingerprint density at radius 1 is 0.923 bits per heavy atom. The van der Waals surface area contributed by atoms with Crippen molar-refractivity contribution in [1.82, 2.24) is 10.2 Å². The van der Waals surface area contributed by atoms with Crippen molar-refractivity contribution < 1.29 is 18.0 Å². The number of sulfonamides is 1. The molecule has 208 valence electrons. The van der Waals surface area contributed by atoms with Crippen LogP contribution in [0.5, 0.6) is 0 Å². The molecule has 0 heterocycles. The Hall–Kier alpha value is -3.07. The first-order valence-electron chi connectivity index (χ1n) is 12.6. The fraction of sp³-hybridized carbons (Fsp3) is 0.310. The lowest BCUT2D eigenvalue weighted by Gasteiger charge is -2.32. The summed E-state index contributed by atoms with van der Waals surface area (Å²) in [7, 11) is -4.16. The highest BCUT2D eigenvalue weighted by Crippen LogP contribution is 2.26. The number of amides is 2. The summed E-state index contributed by atoms with van der Waals surface area (Å²) in [6, 6.07) is 18.6. The molecule has 7 nitrogen and oxygen atoms in total. The van der Waals surface area contributed by atoms with Crippen molar-refractivity contribution in [3.05, 3.63) is 94.0 Å². The minimum atomic E-state index is -4.16. The molecular formula is C29H33Cl2N3O4S. The zero-order valence-electron chi connectivity index (χ0n) is 22.4. The van der Waals surface area contributed by atoms with E-state index in [4.69, 9.17) is 23.2 Å². The van der Waals surface area contributed by atoms with Crippen molar-refractivity contribution in [2.75, 3.05) is 10.8 Å². The highest BCUT2D eigenvalue weighted by molar-refractivity contribution is 7.92. The molecule has 0 aliphatic carbocycles. The van der Waals surface area contributed by atoms with Gasteiger partial charge in [-0.2, -0.15) is 0 Å². The number of nitrogens with one attached hydrogen (secondary N) is 1. The first-order valence-corrected chi connectivity index (χ1v) is 14.8. The molecule has 0 aliphatic heterocycles. The molecule has 0 saturated heterocycles. The van der Waals surface area contributed by atoms with Gasteiger partial charge in [-0.05, 0) is 75.2 Å². The summed E-state index contributed by atoms with van der Waals surface area (Å²) in [5, 5.41) is 3.73. The Morgan fingerprint density at radius 3 is 2.13 bits per heavy atom. The molecule has 0 spiro atoms. The van der Waals surface area contributed by atoms with Gasteiger partial charge in [-0.15, -0.1) is 0 Å². The Balaban J connectivity index is 2.03. The number of rotatable bonds is 11. The zero-order valence-corrected chi connectivity index (χ0v) is 24.7. The molecule has 10 heteroatoms. The van der Waals surface area contributed by atoms with Crippen LogP contribution in [0.15, 0.2) is 77.7 Å². The molecule has 0 radical (unpaired) electrons. The predicted octanol–water partition coefficient (Wildman–Crippen LogP) is 5.83. The van der Waals surface area contributed by atoms with Gasteiger partial charge in [-0.25, -0.2) is 8.42 Å². The minimum absolute atomic E-state index is 0.0134. The van der Waals surface area contributed by atoms with Crippen LogP contribution in [0.3, 0.4) is 0 Å². The normalized spacial score (nSPS) is 12.9. The molecule has 39 heavy (non-hydrogen) atoms. The van der Waals surface area contributed by atoms with Crippen LogP contribution in [0, 0.1) is 6.92 Å². The quantitative estimate of drug-likeness (QED) is 0.305. The number of hydrogen-bond acceptors (Lipinski definition) is 4. The zero-order chi connectivity index (χ0) is 28.7. The number of halogens is 2. The van der Waals surface area contributed by atoms with Crippen LogP contribution in [0.2, 0.25) is 10.0 Å². The van der Waals surface area contributed by atoms with Crippen molar-refractivity contribution in [1.29, 1.82) is 0 Å². The van der Waals surface area contributed by atoms with Crippen molar-refractivity contribution in [3.63, 3.8) is 0 Å². The van der Waals surface area contributed by atoms with E-state index in [1.54, 1.807) is 55.5 Å². The standard InChI is InChI=1S/C29H33Cl2N3O4S/c1-5-21(3)32-29(36)22(4)33(18-23-8-6-7-9-27(23)31)28(35)19-34(25-14-10-20(2)11-15-25)39(37,38)26-16-12-24(30)13-17-26/h6-17,21-22H,5,18-19H2,1-4H3,(H,32,36)/t21-,22-/m1/s1. The highest BCUT2D eigenvalue weighted by Gasteiger charge is 2.33. The van der Waals surface area contributed by atoms with Crippen molar-refractivity contribution >= 4 is 50.7 Å². The van der Waals surface area contributed by atoms with E-state index in [1.807, 2.05) is 20.8 Å². The molecule has 0 fully saturated rings. The summed E-state index contributed by atoms with van der Waals surface area (Å²) < 4.78 is 28.7. The van der Waals surface area contributed by atoms with Gasteiger partial charge >= 0.3 is 0 Å². The van der Waals surface area contributed by atoms with E-state index in [0.29, 0.717) is 21.3 Å². The van der Waals surface area contributed by atoms with E-state index in [2.05, 4.69) is 5.32 Å². The van der Waals surface area contributed by atoms with Crippen LogP contribution in [-0.2, 0) is 26.2 Å². The molecular weight excluding hydrogens is 557 g/mol. The van der Waals surface area contributed by atoms with Crippen molar-refractivity contribution in [2.24, 2.45) is 0 Å². The number of carbonyl (C=O) groups excluding carboxylic acids is 2. The van der Waals surface area contributed by atoms with E-state index in [1.165, 1.54) is 29.2 Å². The monoisotopic (exact) mass is 589 g/mol. The fourth-order valence-electron chi connectivity index (χ4n) is 3.83. The van der Waals surface area contributed by atoms with Gasteiger partial charge in [0.25, 0.3) is 10.0 Å². The molecule has 0 aromatic heterocycles. The lowest BCUT2D eigenvalue weighted by molar-refractivity contribution is -0.139. The lowest BCUT2D eigenvalue weighted by Crippen LogP contribution is -2.52. The average Bonchev–Trinajstić information content (AvgIpc) is 2.91. The van der Waals surface area contributed by atoms with E-state index in [0.717, 1.165) is 16.3 Å². The lowest BCUT2D eigenvalue weighted by atomic mass is 10.1. The third-order valence-electron chi connectivity index (χ3n) is 6.47. The second kappa shape index (κ2) is 13.3. The Labute approximate surface area is 240 Å². The number of anilines is 1. The largest absolute Gasteiger partial charge is 0.352 e. The van der Waals surface area contributed by atoms with Gasteiger partial charge in [-0.1, -0.05) is 66.0 Å². The summed E-state index contributed by atoms with van der Waals surface area (Å²) in [6.07, 6.45) is 0.720. The molecule has 3 aromatic carbocycles. The highest BCUT2D eigenvalue weighted by atomic mass is 35.5. The molecule has 0 aliphatic rings. The van der Waals surface area contributed by atoms with Crippen molar-refractivity contribution in [3.8, 4) is 0 Å². The molecule has 0 bridgehead atoms. The van der Waals surface area contributed by atoms with Gasteiger partial charge < -0.3 is 10.2 Å². The van der Waals surface area contributed by atoms with Crippen molar-refractivity contribution in [2.45, 2.75) is 57.6 Å². The maximum Gasteiger partial charge on any atom is 0.264 e. The van der Waals surface area contributed by atoms with Gasteiger partial charge in [0.15, 0.2) is 0 Å². The summed E-state index contributed by atoms with van der Waals surface area (Å²) in [5.41, 5.74) is 1.89. The number of hydrogen-bond donors (Lipinski definition) is 1. The maximum absolute atomic E-state index is 13.9. The van der Waals surface area contributed by atoms with E-state index in [-0.39, 0.29) is 23.4 Å². The molecule has 0 unspecified atom stereocenters. The van der Waals surface area contributed by atoms with E-state index in [9.17, 15) is 18.0 Å². The van der Waals surface area contributed by atoms with Crippen LogP contribution in [-0.4, -0.2) is 43.8 Å². The summed E-state index contributed by atoms with van der Waals surface area (Å²) >= 11 is 12.4. The fourth-order valence-corrected chi connectivity index (χ4v) is 5.57. The summed E-state index contributed by atoms with van der Waals surface area (Å²) in [6.45, 7) is 6.83. The molecule has 2 atom stereocenters. The SMILES string of the molecule is CC[C@@H](C)NC(=O)[C@@H](C)N(Cc1ccccc1Cl)C(=O)CN(c1ccc(C)cc1)S(=O)(=O)c1ccc(Cl)cc1. The molecule has 2 amide bonds. The molecule has 3 rings (SSSR count). The molecule has 1 N–H and O–H groups in total. The average molecular weight is 591 g/mol. The minimum Gasteiger partial charge on any atom is -0.352 e. The van der Waals surface area contributed by atoms with Gasteiger partial charge in [0.1, 0.15) is 12.6 Å². The maximum atomic E-state index is 13.9. The predicted molar refractivity (Wildman–Crippen MR) is 157 cm³/mol. The smallest absolute Gasteiger partial charge is 0.264 e. The van der Waals surface area contributed by atoms with Gasteiger partial charge in [0.2, 0.25) is 11.8 Å². The molecule has 0 saturated carbocycles. The van der Waals surface area contributed by atoms with Gasteiger partial charge in [-0.3, -0.25) is 13.9 Å². The van der Waals surface area contributed by atoms with Gasteiger partial charge in [0, 0.05) is 22.6 Å². The number of benzene rings is 3. The summed E-state index contributed by atoms with van der Waals surface area (Å²) in [4.78, 5) is 28.4. The topological polar surface area (TPSA) is 86.8 Å². The second-order valence-corrected chi connectivity index (χ2v) is 12.1. The van der Waals surface area contributed by atoms with Crippen LogP contribution in [0.25, 0.3) is 0 Å². The number of nitrogens with zero attached hydrogens (tertiary/aromatic N) is 2. The Morgan fingerprint density at radius 2 is 1.54 bits per heavy atom. The first kappa shape index (κ1) is 30.5. The number of carbonyl (C=O) groups is 2. The molecule has 3 aromatic rings. The van der Waals surface area contributed by atoms with Crippen LogP contribution in [0.4, 0.5) is 5.69 Å². The Kier molecular flexibility index (Phi) is 10.4. The van der Waals surface area contributed by atoms with Crippen LogP contribution in [0.1, 0.15) is 38.3 Å². The van der Waals surface area contributed by atoms with Crippen LogP contribution >= 0.6 is 23.2 Å². The second-order valence-electron chi connectivity index (χ2n) is 9.41. The number of aryl methyl sites for hydroxylation is 1.